The van der Waals surface area contributed by atoms with Crippen LogP contribution in [-0.2, 0) is 4.79 Å². The van der Waals surface area contributed by atoms with E-state index in [2.05, 4.69) is 37.2 Å². The summed E-state index contributed by atoms with van der Waals surface area (Å²) in [5.74, 6) is -1.06. The van der Waals surface area contributed by atoms with Gasteiger partial charge >= 0.3 is 5.97 Å². The summed E-state index contributed by atoms with van der Waals surface area (Å²) in [6.07, 6.45) is 2.18. The summed E-state index contributed by atoms with van der Waals surface area (Å²) in [7, 11) is 0. The molecule has 4 nitrogen and oxygen atoms in total. The van der Waals surface area contributed by atoms with Crippen molar-refractivity contribution < 1.29 is 14.7 Å². The van der Waals surface area contributed by atoms with E-state index in [9.17, 15) is 9.59 Å². The summed E-state index contributed by atoms with van der Waals surface area (Å²) in [5.41, 5.74) is -0.221. The van der Waals surface area contributed by atoms with Gasteiger partial charge < -0.3 is 10.4 Å². The maximum Gasteiger partial charge on any atom is 0.311 e. The number of thiophene rings is 1. The average molecular weight is 397 g/mol. The zero-order chi connectivity index (χ0) is 13.3. The molecule has 0 bridgehead atoms. The van der Waals surface area contributed by atoms with Crippen LogP contribution in [0.4, 0.5) is 0 Å². The highest BCUT2D eigenvalue weighted by atomic mass is 79.9. The molecule has 7 heteroatoms. The molecule has 0 spiro atoms. The van der Waals surface area contributed by atoms with Gasteiger partial charge in [0.25, 0.3) is 5.91 Å². The summed E-state index contributed by atoms with van der Waals surface area (Å²) in [4.78, 5) is 23.1. The van der Waals surface area contributed by atoms with Crippen molar-refractivity contribution >= 4 is 55.1 Å². The summed E-state index contributed by atoms with van der Waals surface area (Å²) < 4.78 is 1.60. The Morgan fingerprint density at radius 1 is 1.44 bits per heavy atom. The van der Waals surface area contributed by atoms with Gasteiger partial charge in [-0.1, -0.05) is 6.42 Å². The molecule has 2 N–H and O–H groups in total. The SMILES string of the molecule is O=C(NCC1(C(=O)O)CCC1)c1cc(Br)sc1Br. The molecular weight excluding hydrogens is 386 g/mol. The minimum atomic E-state index is -0.820. The van der Waals surface area contributed by atoms with E-state index >= 15 is 0 Å². The van der Waals surface area contributed by atoms with Gasteiger partial charge in [-0.3, -0.25) is 9.59 Å². The van der Waals surface area contributed by atoms with Crippen molar-refractivity contribution in [3.8, 4) is 0 Å². The Morgan fingerprint density at radius 3 is 2.50 bits per heavy atom. The van der Waals surface area contributed by atoms with Gasteiger partial charge in [0.15, 0.2) is 0 Å². The first-order chi connectivity index (χ1) is 8.44. The Morgan fingerprint density at radius 2 is 2.11 bits per heavy atom. The topological polar surface area (TPSA) is 66.4 Å². The molecule has 0 aliphatic heterocycles. The molecule has 0 radical (unpaired) electrons. The van der Waals surface area contributed by atoms with Crippen LogP contribution in [0.15, 0.2) is 13.6 Å². The molecule has 1 saturated carbocycles. The van der Waals surface area contributed by atoms with Gasteiger partial charge in [-0.25, -0.2) is 0 Å². The van der Waals surface area contributed by atoms with E-state index in [4.69, 9.17) is 5.11 Å². The number of hydrogen-bond acceptors (Lipinski definition) is 3. The van der Waals surface area contributed by atoms with Crippen molar-refractivity contribution in [1.29, 1.82) is 0 Å². The molecule has 18 heavy (non-hydrogen) atoms. The van der Waals surface area contributed by atoms with Gasteiger partial charge in [-0.15, -0.1) is 11.3 Å². The number of aliphatic carboxylic acids is 1. The van der Waals surface area contributed by atoms with Gasteiger partial charge in [0.1, 0.15) is 0 Å². The maximum absolute atomic E-state index is 11.9. The molecule has 0 saturated heterocycles. The number of hydrogen-bond donors (Lipinski definition) is 2. The predicted molar refractivity (Wildman–Crippen MR) is 76.0 cm³/mol. The quantitative estimate of drug-likeness (QED) is 0.820. The minimum Gasteiger partial charge on any atom is -0.481 e. The van der Waals surface area contributed by atoms with Crippen LogP contribution in [0, 0.1) is 5.41 Å². The number of amides is 1. The summed E-state index contributed by atoms with van der Waals surface area (Å²) in [6, 6.07) is 1.72. The third-order valence-corrected chi connectivity index (χ3v) is 5.59. The molecule has 2 rings (SSSR count). The molecule has 1 fully saturated rings. The van der Waals surface area contributed by atoms with Crippen LogP contribution in [0.3, 0.4) is 0 Å². The first kappa shape index (κ1) is 14.0. The van der Waals surface area contributed by atoms with Gasteiger partial charge in [0, 0.05) is 6.54 Å². The van der Waals surface area contributed by atoms with Crippen molar-refractivity contribution in [2.75, 3.05) is 6.54 Å². The van der Waals surface area contributed by atoms with E-state index in [-0.39, 0.29) is 12.5 Å². The lowest BCUT2D eigenvalue weighted by molar-refractivity contribution is -0.153. The fourth-order valence-electron chi connectivity index (χ4n) is 1.91. The summed E-state index contributed by atoms with van der Waals surface area (Å²) in [6.45, 7) is 0.196. The lowest BCUT2D eigenvalue weighted by Crippen LogP contribution is -2.47. The second kappa shape index (κ2) is 5.30. The van der Waals surface area contributed by atoms with Crippen LogP contribution in [0.1, 0.15) is 29.6 Å². The molecule has 0 unspecified atom stereocenters. The van der Waals surface area contributed by atoms with E-state index in [0.717, 1.165) is 14.0 Å². The molecule has 1 heterocycles. The average Bonchev–Trinajstić information content (AvgIpc) is 2.55. The normalized spacial score (nSPS) is 17.0. The number of carbonyl (C=O) groups is 2. The Hall–Kier alpha value is -0.400. The van der Waals surface area contributed by atoms with Gasteiger partial charge in [-0.2, -0.15) is 0 Å². The molecule has 1 amide bonds. The van der Waals surface area contributed by atoms with Gasteiger partial charge in [-0.05, 0) is 50.8 Å². The standard InChI is InChI=1S/C11H11Br2NO3S/c12-7-4-6(8(13)18-7)9(15)14-5-11(10(16)17)2-1-3-11/h4H,1-3,5H2,(H,14,15)(H,16,17). The van der Waals surface area contributed by atoms with Crippen LogP contribution in [0.5, 0.6) is 0 Å². The second-order valence-electron chi connectivity index (χ2n) is 4.36. The lowest BCUT2D eigenvalue weighted by atomic mass is 9.69. The Balaban J connectivity index is 2.00. The predicted octanol–water partition coefficient (Wildman–Crippen LogP) is 3.26. The highest BCUT2D eigenvalue weighted by Crippen LogP contribution is 2.40. The monoisotopic (exact) mass is 395 g/mol. The molecule has 98 valence electrons. The van der Waals surface area contributed by atoms with Gasteiger partial charge in [0.2, 0.25) is 0 Å². The highest BCUT2D eigenvalue weighted by Gasteiger charge is 2.44. The summed E-state index contributed by atoms with van der Waals surface area (Å²) in [5, 5.41) is 11.9. The van der Waals surface area contributed by atoms with Crippen LogP contribution in [0.2, 0.25) is 0 Å². The van der Waals surface area contributed by atoms with Crippen LogP contribution in [-0.4, -0.2) is 23.5 Å². The molecule has 1 aliphatic rings. The minimum absolute atomic E-state index is 0.196. The number of carboxylic acid groups (broad SMARTS) is 1. The third-order valence-electron chi connectivity index (χ3n) is 3.25. The van der Waals surface area contributed by atoms with E-state index in [1.54, 1.807) is 6.07 Å². The van der Waals surface area contributed by atoms with Crippen LogP contribution < -0.4 is 5.32 Å². The van der Waals surface area contributed by atoms with E-state index < -0.39 is 11.4 Å². The van der Waals surface area contributed by atoms with Gasteiger partial charge in [0.05, 0.1) is 18.6 Å². The highest BCUT2D eigenvalue weighted by molar-refractivity contribution is 9.12. The fraction of sp³-hybridized carbons (Fsp3) is 0.455. The first-order valence-electron chi connectivity index (χ1n) is 5.41. The zero-order valence-corrected chi connectivity index (χ0v) is 13.3. The van der Waals surface area contributed by atoms with E-state index in [1.807, 2.05) is 0 Å². The Kier molecular flexibility index (Phi) is 4.13. The molecule has 0 aromatic carbocycles. The van der Waals surface area contributed by atoms with E-state index in [0.29, 0.717) is 18.4 Å². The number of halogens is 2. The van der Waals surface area contributed by atoms with E-state index in [1.165, 1.54) is 11.3 Å². The number of rotatable bonds is 4. The fourth-order valence-corrected chi connectivity index (χ4v) is 4.70. The van der Waals surface area contributed by atoms with Crippen molar-refractivity contribution in [1.82, 2.24) is 5.32 Å². The Labute approximate surface area is 125 Å². The third kappa shape index (κ3) is 2.62. The van der Waals surface area contributed by atoms with Crippen LogP contribution in [0.25, 0.3) is 0 Å². The molecule has 1 aliphatic carbocycles. The van der Waals surface area contributed by atoms with Crippen LogP contribution >= 0.6 is 43.2 Å². The molecular formula is C11H11Br2NO3S. The summed E-state index contributed by atoms with van der Waals surface area (Å²) >= 11 is 8.03. The second-order valence-corrected chi connectivity index (χ2v) is 8.11. The number of carboxylic acids is 1. The number of nitrogens with one attached hydrogen (secondary N) is 1. The first-order valence-corrected chi connectivity index (χ1v) is 7.81. The maximum atomic E-state index is 11.9. The molecule has 1 aromatic rings. The number of carbonyl (C=O) groups excluding carboxylic acids is 1. The lowest BCUT2D eigenvalue weighted by Gasteiger charge is -2.37. The van der Waals surface area contributed by atoms with Crippen molar-refractivity contribution in [3.63, 3.8) is 0 Å². The largest absolute Gasteiger partial charge is 0.481 e. The van der Waals surface area contributed by atoms with Crippen molar-refractivity contribution in [3.05, 3.63) is 19.2 Å². The zero-order valence-electron chi connectivity index (χ0n) is 9.33. The smallest absolute Gasteiger partial charge is 0.311 e. The van der Waals surface area contributed by atoms with Crippen molar-refractivity contribution in [2.45, 2.75) is 19.3 Å². The molecule has 0 atom stereocenters. The Bertz CT molecular complexity index is 496. The van der Waals surface area contributed by atoms with Crippen molar-refractivity contribution in [2.24, 2.45) is 5.41 Å². The molecule has 1 aromatic heterocycles.